The van der Waals surface area contributed by atoms with Crippen LogP contribution in [0.25, 0.3) is 0 Å². The molecule has 1 rings (SSSR count). The number of carbonyl (C=O) groups excluding carboxylic acids is 2. The molecule has 1 heterocycles. The monoisotopic (exact) mass is 298 g/mol. The minimum Gasteiger partial charge on any atom is -0.345 e. The number of carbonyl (C=O) groups is 2. The lowest BCUT2D eigenvalue weighted by Crippen LogP contribution is -2.35. The Labute approximate surface area is 123 Å². The van der Waals surface area contributed by atoms with E-state index >= 15 is 0 Å². The predicted molar refractivity (Wildman–Crippen MR) is 80.8 cm³/mol. The maximum Gasteiger partial charge on any atom is 0.236 e. The van der Waals surface area contributed by atoms with Gasteiger partial charge in [-0.05, 0) is 13.8 Å². The molecule has 0 saturated heterocycles. The van der Waals surface area contributed by atoms with Crippen molar-refractivity contribution in [3.8, 4) is 0 Å². The molecule has 0 aliphatic carbocycles. The van der Waals surface area contributed by atoms with Gasteiger partial charge < -0.3 is 10.2 Å². The zero-order chi connectivity index (χ0) is 15.1. The van der Waals surface area contributed by atoms with Crippen molar-refractivity contribution in [3.63, 3.8) is 0 Å². The van der Waals surface area contributed by atoms with Crippen molar-refractivity contribution in [3.05, 3.63) is 11.1 Å². The normalized spacial score (nSPS) is 10.4. The minimum atomic E-state index is -0.0129. The number of thiazole rings is 1. The van der Waals surface area contributed by atoms with Crippen LogP contribution in [0.4, 0.5) is 5.13 Å². The van der Waals surface area contributed by atoms with Gasteiger partial charge in [-0.3, -0.25) is 14.5 Å². The fourth-order valence-corrected chi connectivity index (χ4v) is 2.54. The first-order valence-electron chi connectivity index (χ1n) is 6.66. The van der Waals surface area contributed by atoms with E-state index in [-0.39, 0.29) is 11.8 Å². The molecule has 2 amide bonds. The molecule has 7 heteroatoms. The lowest BCUT2D eigenvalue weighted by Gasteiger charge is -2.15. The Morgan fingerprint density at radius 3 is 2.60 bits per heavy atom. The highest BCUT2D eigenvalue weighted by molar-refractivity contribution is 7.14. The molecule has 0 radical (unpaired) electrons. The second kappa shape index (κ2) is 7.96. The van der Waals surface area contributed by atoms with Crippen LogP contribution >= 0.6 is 11.3 Å². The van der Waals surface area contributed by atoms with Crippen LogP contribution in [0.15, 0.2) is 5.38 Å². The standard InChI is InChI=1S/C13H22N4O2S/c1-5-16(4)12(19)8-14-7-11-9-20-13(15-11)17(6-2)10(3)18/h9,14H,5-8H2,1-4H3. The van der Waals surface area contributed by atoms with Crippen LogP contribution in [0, 0.1) is 0 Å². The van der Waals surface area contributed by atoms with Crippen molar-refractivity contribution in [2.45, 2.75) is 27.3 Å². The van der Waals surface area contributed by atoms with Gasteiger partial charge in [0.2, 0.25) is 11.8 Å². The fraction of sp³-hybridized carbons (Fsp3) is 0.615. The number of nitrogens with zero attached hydrogens (tertiary/aromatic N) is 3. The van der Waals surface area contributed by atoms with Crippen molar-refractivity contribution in [2.24, 2.45) is 0 Å². The van der Waals surface area contributed by atoms with Gasteiger partial charge in [0.05, 0.1) is 12.2 Å². The van der Waals surface area contributed by atoms with Crippen molar-refractivity contribution in [1.82, 2.24) is 15.2 Å². The summed E-state index contributed by atoms with van der Waals surface area (Å²) in [5.74, 6) is 0.0444. The third-order valence-corrected chi connectivity index (χ3v) is 3.86. The summed E-state index contributed by atoms with van der Waals surface area (Å²) in [6.45, 7) is 7.51. The maximum absolute atomic E-state index is 11.6. The molecule has 1 N–H and O–H groups in total. The van der Waals surface area contributed by atoms with Crippen molar-refractivity contribution < 1.29 is 9.59 Å². The minimum absolute atomic E-state index is 0.0129. The Balaban J connectivity index is 2.49. The second-order valence-electron chi connectivity index (χ2n) is 4.40. The van der Waals surface area contributed by atoms with Gasteiger partial charge in [0.25, 0.3) is 0 Å². The number of nitrogens with one attached hydrogen (secondary N) is 1. The Bertz CT molecular complexity index is 461. The van der Waals surface area contributed by atoms with E-state index in [0.29, 0.717) is 31.3 Å². The van der Waals surface area contributed by atoms with Gasteiger partial charge >= 0.3 is 0 Å². The summed E-state index contributed by atoms with van der Waals surface area (Å²) in [6.07, 6.45) is 0. The van der Waals surface area contributed by atoms with Crippen LogP contribution in [0.3, 0.4) is 0 Å². The first-order chi connectivity index (χ1) is 9.49. The summed E-state index contributed by atoms with van der Waals surface area (Å²) in [6, 6.07) is 0. The largest absolute Gasteiger partial charge is 0.345 e. The molecular weight excluding hydrogens is 276 g/mol. The van der Waals surface area contributed by atoms with Gasteiger partial charge in [0.15, 0.2) is 5.13 Å². The van der Waals surface area contributed by atoms with Gasteiger partial charge in [0.1, 0.15) is 0 Å². The Kier molecular flexibility index (Phi) is 6.60. The van der Waals surface area contributed by atoms with Gasteiger partial charge in [-0.1, -0.05) is 0 Å². The van der Waals surface area contributed by atoms with Gasteiger partial charge in [0, 0.05) is 39.0 Å². The number of aromatic nitrogens is 1. The number of anilines is 1. The Morgan fingerprint density at radius 2 is 2.05 bits per heavy atom. The molecule has 0 fully saturated rings. The number of likely N-dealkylation sites (N-methyl/N-ethyl adjacent to an activating group) is 1. The fourth-order valence-electron chi connectivity index (χ4n) is 1.60. The number of hydrogen-bond donors (Lipinski definition) is 1. The number of hydrogen-bond acceptors (Lipinski definition) is 5. The average molecular weight is 298 g/mol. The first kappa shape index (κ1) is 16.6. The Morgan fingerprint density at radius 1 is 1.35 bits per heavy atom. The molecule has 1 aromatic rings. The van der Waals surface area contributed by atoms with Crippen LogP contribution in [0.5, 0.6) is 0 Å². The number of amides is 2. The molecule has 0 saturated carbocycles. The molecular formula is C13H22N4O2S. The van der Waals surface area contributed by atoms with E-state index in [9.17, 15) is 9.59 Å². The topological polar surface area (TPSA) is 65.5 Å². The van der Waals surface area contributed by atoms with Gasteiger partial charge in [-0.25, -0.2) is 4.98 Å². The summed E-state index contributed by atoms with van der Waals surface area (Å²) in [4.78, 5) is 30.7. The second-order valence-corrected chi connectivity index (χ2v) is 5.23. The summed E-state index contributed by atoms with van der Waals surface area (Å²) in [7, 11) is 1.77. The van der Waals surface area contributed by atoms with E-state index < -0.39 is 0 Å². The molecule has 0 bridgehead atoms. The van der Waals surface area contributed by atoms with E-state index in [1.807, 2.05) is 19.2 Å². The molecule has 0 aromatic carbocycles. The summed E-state index contributed by atoms with van der Waals surface area (Å²) in [5.41, 5.74) is 0.844. The quantitative estimate of drug-likeness (QED) is 0.818. The Hall–Kier alpha value is -1.47. The van der Waals surface area contributed by atoms with Crippen molar-refractivity contribution in [1.29, 1.82) is 0 Å². The van der Waals surface area contributed by atoms with Crippen LogP contribution in [-0.4, -0.2) is 48.4 Å². The average Bonchev–Trinajstić information content (AvgIpc) is 2.86. The van der Waals surface area contributed by atoms with Crippen LogP contribution in [0.1, 0.15) is 26.5 Å². The molecule has 0 aliphatic heterocycles. The zero-order valence-corrected chi connectivity index (χ0v) is 13.3. The lowest BCUT2D eigenvalue weighted by molar-refractivity contribution is -0.128. The molecule has 0 aliphatic rings. The smallest absolute Gasteiger partial charge is 0.236 e. The van der Waals surface area contributed by atoms with Crippen molar-refractivity contribution in [2.75, 3.05) is 31.6 Å². The lowest BCUT2D eigenvalue weighted by atomic mass is 10.4. The first-order valence-corrected chi connectivity index (χ1v) is 7.54. The molecule has 6 nitrogen and oxygen atoms in total. The van der Waals surface area contributed by atoms with Gasteiger partial charge in [-0.2, -0.15) is 0 Å². The van der Waals surface area contributed by atoms with E-state index in [4.69, 9.17) is 0 Å². The van der Waals surface area contributed by atoms with Crippen LogP contribution < -0.4 is 10.2 Å². The SMILES string of the molecule is CCN(C)C(=O)CNCc1csc(N(CC)C(C)=O)n1. The number of rotatable bonds is 7. The van der Waals surface area contributed by atoms with Crippen LogP contribution in [0.2, 0.25) is 0 Å². The van der Waals surface area contributed by atoms with Gasteiger partial charge in [-0.15, -0.1) is 11.3 Å². The summed E-state index contributed by atoms with van der Waals surface area (Å²) < 4.78 is 0. The predicted octanol–water partition coefficient (Wildman–Crippen LogP) is 1.08. The third kappa shape index (κ3) is 4.57. The molecule has 0 spiro atoms. The highest BCUT2D eigenvalue weighted by Gasteiger charge is 2.13. The van der Waals surface area contributed by atoms with E-state index in [2.05, 4.69) is 10.3 Å². The van der Waals surface area contributed by atoms with E-state index in [1.54, 1.807) is 16.8 Å². The molecule has 20 heavy (non-hydrogen) atoms. The highest BCUT2D eigenvalue weighted by Crippen LogP contribution is 2.20. The summed E-state index contributed by atoms with van der Waals surface area (Å²) in [5, 5.41) is 5.67. The van der Waals surface area contributed by atoms with Crippen LogP contribution in [-0.2, 0) is 16.1 Å². The third-order valence-electron chi connectivity index (χ3n) is 2.95. The molecule has 0 unspecified atom stereocenters. The highest BCUT2D eigenvalue weighted by atomic mass is 32.1. The molecule has 1 aromatic heterocycles. The summed E-state index contributed by atoms with van der Waals surface area (Å²) >= 11 is 1.44. The van der Waals surface area contributed by atoms with E-state index in [0.717, 1.165) is 5.69 Å². The molecule has 0 atom stereocenters. The van der Waals surface area contributed by atoms with Crippen molar-refractivity contribution >= 4 is 28.3 Å². The zero-order valence-electron chi connectivity index (χ0n) is 12.5. The maximum atomic E-state index is 11.6. The van der Waals surface area contributed by atoms with E-state index in [1.165, 1.54) is 18.3 Å². The molecule has 112 valence electrons.